The average Bonchev–Trinajstić information content (AvgIpc) is 2.64. The van der Waals surface area contributed by atoms with Gasteiger partial charge in [-0.25, -0.2) is 8.42 Å². The van der Waals surface area contributed by atoms with Gasteiger partial charge in [-0.3, -0.25) is 4.79 Å². The van der Waals surface area contributed by atoms with Crippen LogP contribution in [-0.4, -0.2) is 51.4 Å². The van der Waals surface area contributed by atoms with Crippen molar-refractivity contribution < 1.29 is 18.1 Å². The molecule has 0 aliphatic carbocycles. The lowest BCUT2D eigenvalue weighted by molar-refractivity contribution is -0.895. The Morgan fingerprint density at radius 3 is 2.26 bits per heavy atom. The van der Waals surface area contributed by atoms with E-state index in [-0.39, 0.29) is 5.91 Å². The largest absolute Gasteiger partial charge is 0.325 e. The number of hydrogen-bond acceptors (Lipinski definition) is 3. The van der Waals surface area contributed by atoms with E-state index in [0.29, 0.717) is 37.6 Å². The van der Waals surface area contributed by atoms with Crippen LogP contribution in [0.15, 0.2) is 57.9 Å². The van der Waals surface area contributed by atoms with E-state index in [0.717, 1.165) is 20.6 Å². The third kappa shape index (κ3) is 5.16. The van der Waals surface area contributed by atoms with Crippen LogP contribution in [0.2, 0.25) is 0 Å². The summed E-state index contributed by atoms with van der Waals surface area (Å²) < 4.78 is 27.9. The van der Waals surface area contributed by atoms with Crippen molar-refractivity contribution in [3.05, 3.63) is 58.6 Å². The summed E-state index contributed by atoms with van der Waals surface area (Å²) in [7, 11) is -3.47. The van der Waals surface area contributed by atoms with E-state index in [4.69, 9.17) is 0 Å². The predicted octanol–water partition coefficient (Wildman–Crippen LogP) is 1.29. The standard InChI is InChI=1S/C19H22BrN3O3S/c1-15-2-8-18(9-3-15)27(25,26)23-12-10-22(11-13-23)14-19(24)21-17-6-4-16(20)5-7-17/h2-9H,10-14H2,1H3,(H,21,24)/p+1. The average molecular weight is 453 g/mol. The highest BCUT2D eigenvalue weighted by atomic mass is 79.9. The second-order valence-corrected chi connectivity index (χ2v) is 9.55. The molecule has 2 aromatic rings. The molecule has 1 fully saturated rings. The summed E-state index contributed by atoms with van der Waals surface area (Å²) in [6.07, 6.45) is 0. The molecule has 6 nitrogen and oxygen atoms in total. The lowest BCUT2D eigenvalue weighted by atomic mass is 10.2. The number of rotatable bonds is 5. The first kappa shape index (κ1) is 20.0. The van der Waals surface area contributed by atoms with Gasteiger partial charge in [0.25, 0.3) is 5.91 Å². The lowest BCUT2D eigenvalue weighted by Gasteiger charge is -2.31. The minimum Gasteiger partial charge on any atom is -0.325 e. The van der Waals surface area contributed by atoms with Crippen LogP contribution < -0.4 is 10.2 Å². The summed E-state index contributed by atoms with van der Waals surface area (Å²) >= 11 is 3.36. The van der Waals surface area contributed by atoms with Gasteiger partial charge in [-0.15, -0.1) is 0 Å². The smallest absolute Gasteiger partial charge is 0.279 e. The lowest BCUT2D eigenvalue weighted by Crippen LogP contribution is -3.15. The Kier molecular flexibility index (Phi) is 6.31. The number of halogens is 1. The van der Waals surface area contributed by atoms with Crippen LogP contribution in [0.4, 0.5) is 5.69 Å². The molecule has 0 atom stereocenters. The number of anilines is 1. The van der Waals surface area contributed by atoms with Crippen LogP contribution in [-0.2, 0) is 14.8 Å². The molecule has 2 aromatic carbocycles. The third-order valence-corrected chi connectivity index (χ3v) is 7.07. The third-order valence-electron chi connectivity index (χ3n) is 4.63. The second kappa shape index (κ2) is 8.52. The van der Waals surface area contributed by atoms with E-state index in [1.165, 1.54) is 4.31 Å². The molecule has 3 rings (SSSR count). The topological polar surface area (TPSA) is 70.9 Å². The summed E-state index contributed by atoms with van der Waals surface area (Å²) in [6.45, 7) is 4.30. The number of quaternary nitrogens is 1. The molecule has 0 unspecified atom stereocenters. The monoisotopic (exact) mass is 452 g/mol. The Morgan fingerprint density at radius 2 is 1.67 bits per heavy atom. The Balaban J connectivity index is 1.53. The quantitative estimate of drug-likeness (QED) is 0.717. The number of sulfonamides is 1. The van der Waals surface area contributed by atoms with E-state index in [2.05, 4.69) is 21.2 Å². The van der Waals surface area contributed by atoms with Crippen LogP contribution >= 0.6 is 15.9 Å². The number of nitrogens with one attached hydrogen (secondary N) is 2. The Bertz CT molecular complexity index is 891. The van der Waals surface area contributed by atoms with Crippen molar-refractivity contribution in [1.29, 1.82) is 0 Å². The highest BCUT2D eigenvalue weighted by Crippen LogP contribution is 2.16. The summed E-state index contributed by atoms with van der Waals surface area (Å²) in [5.74, 6) is -0.0674. The van der Waals surface area contributed by atoms with Gasteiger partial charge in [0.05, 0.1) is 31.1 Å². The van der Waals surface area contributed by atoms with Gasteiger partial charge in [-0.05, 0) is 43.3 Å². The van der Waals surface area contributed by atoms with Crippen molar-refractivity contribution in [1.82, 2.24) is 4.31 Å². The van der Waals surface area contributed by atoms with Gasteiger partial charge in [0.2, 0.25) is 10.0 Å². The molecule has 0 spiro atoms. The minimum absolute atomic E-state index is 0.0674. The zero-order valence-electron chi connectivity index (χ0n) is 15.1. The van der Waals surface area contributed by atoms with Crippen molar-refractivity contribution in [2.75, 3.05) is 38.0 Å². The molecule has 1 saturated heterocycles. The number of carbonyl (C=O) groups is 1. The summed E-state index contributed by atoms with van der Waals surface area (Å²) in [5.41, 5.74) is 1.78. The van der Waals surface area contributed by atoms with Crippen LogP contribution in [0, 0.1) is 6.92 Å². The number of amides is 1. The first-order chi connectivity index (χ1) is 12.8. The number of piperazine rings is 1. The molecule has 1 aliphatic rings. The van der Waals surface area contributed by atoms with E-state index in [9.17, 15) is 13.2 Å². The van der Waals surface area contributed by atoms with E-state index in [1.807, 2.05) is 31.2 Å². The summed E-state index contributed by atoms with van der Waals surface area (Å²) in [4.78, 5) is 13.6. The highest BCUT2D eigenvalue weighted by Gasteiger charge is 2.31. The Morgan fingerprint density at radius 1 is 1.07 bits per heavy atom. The van der Waals surface area contributed by atoms with Crippen LogP contribution in [0.1, 0.15) is 5.56 Å². The van der Waals surface area contributed by atoms with Gasteiger partial charge in [-0.1, -0.05) is 33.6 Å². The molecule has 144 valence electrons. The molecule has 1 heterocycles. The van der Waals surface area contributed by atoms with E-state index < -0.39 is 10.0 Å². The van der Waals surface area contributed by atoms with Crippen molar-refractivity contribution in [3.8, 4) is 0 Å². The van der Waals surface area contributed by atoms with Crippen molar-refractivity contribution in [2.24, 2.45) is 0 Å². The Labute approximate surface area is 168 Å². The maximum Gasteiger partial charge on any atom is 0.279 e. The van der Waals surface area contributed by atoms with Crippen molar-refractivity contribution in [2.45, 2.75) is 11.8 Å². The fraction of sp³-hybridized carbons (Fsp3) is 0.316. The summed E-state index contributed by atoms with van der Waals surface area (Å²) in [6, 6.07) is 14.3. The second-order valence-electron chi connectivity index (χ2n) is 6.70. The molecule has 0 aromatic heterocycles. The number of aryl methyl sites for hydroxylation is 1. The maximum absolute atomic E-state index is 12.7. The van der Waals surface area contributed by atoms with Gasteiger partial charge in [0.1, 0.15) is 0 Å². The van der Waals surface area contributed by atoms with Crippen molar-refractivity contribution in [3.63, 3.8) is 0 Å². The molecule has 2 N–H and O–H groups in total. The molecular formula is C19H23BrN3O3S+. The maximum atomic E-state index is 12.7. The molecule has 1 amide bonds. The fourth-order valence-electron chi connectivity index (χ4n) is 3.04. The number of benzene rings is 2. The van der Waals surface area contributed by atoms with Crippen LogP contribution in [0.5, 0.6) is 0 Å². The number of hydrogen-bond donors (Lipinski definition) is 2. The first-order valence-corrected chi connectivity index (χ1v) is 11.0. The normalized spacial score (nSPS) is 16.2. The van der Waals surface area contributed by atoms with Gasteiger partial charge in [0, 0.05) is 10.2 Å². The molecule has 0 bridgehead atoms. The van der Waals surface area contributed by atoms with E-state index in [1.54, 1.807) is 24.3 Å². The number of carbonyl (C=O) groups excluding carboxylic acids is 1. The van der Waals surface area contributed by atoms with Crippen LogP contribution in [0.3, 0.4) is 0 Å². The fourth-order valence-corrected chi connectivity index (χ4v) is 4.75. The SMILES string of the molecule is Cc1ccc(S(=O)(=O)N2CC[NH+](CC(=O)Nc3ccc(Br)cc3)CC2)cc1. The zero-order chi connectivity index (χ0) is 19.4. The van der Waals surface area contributed by atoms with Gasteiger partial charge in [-0.2, -0.15) is 4.31 Å². The molecule has 8 heteroatoms. The molecule has 0 saturated carbocycles. The highest BCUT2D eigenvalue weighted by molar-refractivity contribution is 9.10. The van der Waals surface area contributed by atoms with Crippen LogP contribution in [0.25, 0.3) is 0 Å². The molecule has 27 heavy (non-hydrogen) atoms. The zero-order valence-corrected chi connectivity index (χ0v) is 17.5. The van der Waals surface area contributed by atoms with Crippen molar-refractivity contribution >= 4 is 37.5 Å². The number of nitrogens with zero attached hydrogens (tertiary/aromatic N) is 1. The first-order valence-electron chi connectivity index (χ1n) is 8.80. The predicted molar refractivity (Wildman–Crippen MR) is 108 cm³/mol. The molecular weight excluding hydrogens is 430 g/mol. The van der Waals surface area contributed by atoms with Gasteiger partial charge in [0.15, 0.2) is 6.54 Å². The minimum atomic E-state index is -3.47. The van der Waals surface area contributed by atoms with Gasteiger partial charge < -0.3 is 10.2 Å². The van der Waals surface area contributed by atoms with Gasteiger partial charge >= 0.3 is 0 Å². The molecule has 0 radical (unpaired) electrons. The summed E-state index contributed by atoms with van der Waals surface area (Å²) in [5, 5.41) is 2.88. The molecule has 1 aliphatic heterocycles. The van der Waals surface area contributed by atoms with E-state index >= 15 is 0 Å². The Hall–Kier alpha value is -1.74.